The van der Waals surface area contributed by atoms with Crippen molar-refractivity contribution in [3.8, 4) is 0 Å². The molecule has 0 N–H and O–H groups in total. The molecule has 4 atom stereocenters. The Balaban J connectivity index is 1.24. The third-order valence-electron chi connectivity index (χ3n) is 7.31. The topological polar surface area (TPSA) is 67.6 Å². The number of hydrogen-bond donors (Lipinski definition) is 0. The Hall–Kier alpha value is -4.14. The van der Waals surface area contributed by atoms with Crippen LogP contribution in [-0.2, 0) is 45.3 Å². The second kappa shape index (κ2) is 14.2. The summed E-state index contributed by atoms with van der Waals surface area (Å²) < 4.78 is 27.8. The Kier molecular flexibility index (Phi) is 9.44. The number of rotatable bonds is 13. The maximum atomic E-state index is 6.66. The first kappa shape index (κ1) is 28.0. The maximum Gasteiger partial charge on any atom is 0.132 e. The number of aromatic nitrogens is 3. The van der Waals surface area contributed by atoms with E-state index in [1.165, 1.54) is 0 Å². The summed E-state index contributed by atoms with van der Waals surface area (Å²) in [5.41, 5.74) is 5.13. The second-order valence-electron chi connectivity index (χ2n) is 10.4. The van der Waals surface area contributed by atoms with Crippen molar-refractivity contribution < 1.29 is 18.9 Å². The molecule has 2 unspecified atom stereocenters. The van der Waals surface area contributed by atoms with Crippen LogP contribution in [0.2, 0.25) is 0 Å². The van der Waals surface area contributed by atoms with Gasteiger partial charge < -0.3 is 18.9 Å². The number of nitrogens with zero attached hydrogens (tertiary/aromatic N) is 3. The Bertz CT molecular complexity index is 1480. The van der Waals surface area contributed by atoms with Gasteiger partial charge in [-0.15, -0.1) is 5.10 Å². The van der Waals surface area contributed by atoms with E-state index in [1.54, 1.807) is 0 Å². The summed E-state index contributed by atoms with van der Waals surface area (Å²) in [6, 6.07) is 40.6. The van der Waals surface area contributed by atoms with Crippen LogP contribution in [0.5, 0.6) is 0 Å². The average Bonchev–Trinajstić information content (AvgIpc) is 3.65. The summed E-state index contributed by atoms with van der Waals surface area (Å²) in [7, 11) is 0. The first-order valence-electron chi connectivity index (χ1n) is 14.3. The highest BCUT2D eigenvalue weighted by Gasteiger charge is 2.48. The zero-order valence-electron chi connectivity index (χ0n) is 23.4. The van der Waals surface area contributed by atoms with Crippen molar-refractivity contribution in [3.05, 3.63) is 155 Å². The highest BCUT2D eigenvalue weighted by molar-refractivity contribution is 5.18. The summed E-state index contributed by atoms with van der Waals surface area (Å²) in [6.45, 7) is 2.32. The van der Waals surface area contributed by atoms with Crippen molar-refractivity contribution in [3.63, 3.8) is 0 Å². The lowest BCUT2D eigenvalue weighted by Gasteiger charge is -2.25. The molecular formula is C35H35N3O4. The van der Waals surface area contributed by atoms with E-state index in [-0.39, 0.29) is 12.2 Å². The molecule has 1 saturated heterocycles. The Morgan fingerprint density at radius 2 is 1.10 bits per heavy atom. The van der Waals surface area contributed by atoms with Gasteiger partial charge in [-0.05, 0) is 22.3 Å². The van der Waals surface area contributed by atoms with Crippen molar-refractivity contribution in [2.45, 2.75) is 50.8 Å². The Morgan fingerprint density at radius 3 is 1.67 bits per heavy atom. The molecule has 0 saturated carbocycles. The Labute approximate surface area is 246 Å². The third kappa shape index (κ3) is 7.38. The van der Waals surface area contributed by atoms with Gasteiger partial charge >= 0.3 is 0 Å². The van der Waals surface area contributed by atoms with E-state index in [0.29, 0.717) is 38.7 Å². The summed E-state index contributed by atoms with van der Waals surface area (Å²) in [5, 5.41) is 8.94. The molecule has 0 amide bonds. The fraction of sp³-hybridized carbons (Fsp3) is 0.257. The fourth-order valence-electron chi connectivity index (χ4n) is 5.18. The fourth-order valence-corrected chi connectivity index (χ4v) is 5.18. The molecule has 6 rings (SSSR count). The molecule has 0 radical (unpaired) electrons. The molecule has 7 heteroatoms. The predicted molar refractivity (Wildman–Crippen MR) is 159 cm³/mol. The third-order valence-corrected chi connectivity index (χ3v) is 7.31. The van der Waals surface area contributed by atoms with E-state index in [2.05, 4.69) is 58.8 Å². The molecule has 214 valence electrons. The molecule has 42 heavy (non-hydrogen) atoms. The normalized spacial score (nSPS) is 20.1. The van der Waals surface area contributed by atoms with Crippen molar-refractivity contribution in [2.75, 3.05) is 6.61 Å². The monoisotopic (exact) mass is 561 g/mol. The van der Waals surface area contributed by atoms with E-state index in [4.69, 9.17) is 18.9 Å². The molecule has 7 nitrogen and oxygen atoms in total. The number of hydrogen-bond acceptors (Lipinski definition) is 6. The van der Waals surface area contributed by atoms with Gasteiger partial charge in [0.15, 0.2) is 0 Å². The van der Waals surface area contributed by atoms with Crippen LogP contribution in [0.15, 0.2) is 128 Å². The Morgan fingerprint density at radius 1 is 0.595 bits per heavy atom. The van der Waals surface area contributed by atoms with Crippen LogP contribution < -0.4 is 0 Å². The van der Waals surface area contributed by atoms with Crippen LogP contribution >= 0.6 is 0 Å². The lowest BCUT2D eigenvalue weighted by Crippen LogP contribution is -2.37. The smallest absolute Gasteiger partial charge is 0.132 e. The molecular weight excluding hydrogens is 526 g/mol. The maximum absolute atomic E-state index is 6.66. The van der Waals surface area contributed by atoms with Crippen molar-refractivity contribution in [1.29, 1.82) is 0 Å². The number of ether oxygens (including phenoxy) is 4. The summed E-state index contributed by atoms with van der Waals surface area (Å²) in [4.78, 5) is 0. The first-order valence-corrected chi connectivity index (χ1v) is 14.3. The molecule has 0 aliphatic carbocycles. The van der Waals surface area contributed by atoms with Crippen molar-refractivity contribution >= 4 is 0 Å². The zero-order chi connectivity index (χ0) is 28.4. The molecule has 2 heterocycles. The minimum Gasteiger partial charge on any atom is -0.374 e. The van der Waals surface area contributed by atoms with Crippen LogP contribution in [0, 0.1) is 0 Å². The number of benzene rings is 4. The van der Waals surface area contributed by atoms with Crippen LogP contribution in [0.4, 0.5) is 0 Å². The van der Waals surface area contributed by atoms with Gasteiger partial charge in [0.05, 0.1) is 39.2 Å². The van der Waals surface area contributed by atoms with Gasteiger partial charge in [0.25, 0.3) is 0 Å². The van der Waals surface area contributed by atoms with Gasteiger partial charge in [-0.1, -0.05) is 127 Å². The lowest BCUT2D eigenvalue weighted by atomic mass is 10.0. The van der Waals surface area contributed by atoms with Gasteiger partial charge in [0, 0.05) is 0 Å². The van der Waals surface area contributed by atoms with Gasteiger partial charge in [-0.2, -0.15) is 0 Å². The van der Waals surface area contributed by atoms with E-state index in [1.807, 2.05) is 83.7 Å². The van der Waals surface area contributed by atoms with Crippen molar-refractivity contribution in [2.24, 2.45) is 0 Å². The van der Waals surface area contributed by atoms with E-state index < -0.39 is 12.2 Å². The van der Waals surface area contributed by atoms with Crippen LogP contribution in [0.25, 0.3) is 0 Å². The quantitative estimate of drug-likeness (QED) is 0.172. The molecule has 5 aromatic rings. The standard InChI is InChI=1S/C35H35N3O4/c1-5-13-27(14-6-1)21-38-22-31(36-37-38)33-35(41-25-30-19-11-4-12-20-30)34(40-24-29-17-9-3-10-18-29)32(42-33)26-39-23-28-15-7-2-8-16-28/h1-20,22,32-35H,21,23-26H2/t32-,33+,34?,35?/m1/s1. The van der Waals surface area contributed by atoms with Crippen LogP contribution in [0.1, 0.15) is 34.1 Å². The summed E-state index contributed by atoms with van der Waals surface area (Å²) in [5.74, 6) is 0. The second-order valence-corrected chi connectivity index (χ2v) is 10.4. The molecule has 1 fully saturated rings. The lowest BCUT2D eigenvalue weighted by molar-refractivity contribution is -0.0898. The van der Waals surface area contributed by atoms with E-state index >= 15 is 0 Å². The van der Waals surface area contributed by atoms with E-state index in [9.17, 15) is 0 Å². The summed E-state index contributed by atoms with van der Waals surface area (Å²) >= 11 is 0. The molecule has 1 aliphatic heterocycles. The SMILES string of the molecule is c1ccc(COC[C@H]2O[C@@H](c3cn(Cc4ccccc4)nn3)C(OCc3ccccc3)C2OCc2ccccc2)cc1. The van der Waals surface area contributed by atoms with Crippen molar-refractivity contribution in [1.82, 2.24) is 15.0 Å². The van der Waals surface area contributed by atoms with Gasteiger partial charge in [-0.3, -0.25) is 0 Å². The predicted octanol–water partition coefficient (Wildman–Crippen LogP) is 6.15. The van der Waals surface area contributed by atoms with Crippen LogP contribution in [0.3, 0.4) is 0 Å². The van der Waals surface area contributed by atoms with E-state index in [0.717, 1.165) is 22.3 Å². The molecule has 0 spiro atoms. The van der Waals surface area contributed by atoms with Crippen LogP contribution in [-0.4, -0.2) is 39.9 Å². The average molecular weight is 562 g/mol. The van der Waals surface area contributed by atoms with Gasteiger partial charge in [0.2, 0.25) is 0 Å². The highest BCUT2D eigenvalue weighted by Crippen LogP contribution is 2.38. The minimum atomic E-state index is -0.468. The summed E-state index contributed by atoms with van der Waals surface area (Å²) in [6.07, 6.45) is 0.319. The minimum absolute atomic E-state index is 0.355. The highest BCUT2D eigenvalue weighted by atomic mass is 16.6. The van der Waals surface area contributed by atoms with Gasteiger partial charge in [0.1, 0.15) is 30.1 Å². The molecule has 4 aromatic carbocycles. The van der Waals surface area contributed by atoms with Gasteiger partial charge in [-0.25, -0.2) is 4.68 Å². The zero-order valence-corrected chi connectivity index (χ0v) is 23.4. The first-order chi connectivity index (χ1) is 20.8. The molecule has 1 aromatic heterocycles. The largest absolute Gasteiger partial charge is 0.374 e. The molecule has 0 bridgehead atoms. The molecule has 1 aliphatic rings.